The van der Waals surface area contributed by atoms with Gasteiger partial charge in [0, 0.05) is 65.1 Å². The monoisotopic (exact) mass is 425 g/mol. The lowest BCUT2D eigenvalue weighted by molar-refractivity contribution is 0.171. The lowest BCUT2D eigenvalue weighted by Crippen LogP contribution is -2.52. The van der Waals surface area contributed by atoms with Gasteiger partial charge in [-0.05, 0) is 36.6 Å². The Morgan fingerprint density at radius 3 is 2.71 bits per heavy atom. The Hall–Kier alpha value is -3.00. The molecule has 3 heterocycles. The fourth-order valence-corrected chi connectivity index (χ4v) is 4.00. The van der Waals surface area contributed by atoms with Crippen LogP contribution in [0.1, 0.15) is 18.4 Å². The van der Waals surface area contributed by atoms with E-state index in [1.165, 1.54) is 5.56 Å². The fraction of sp³-hybridized carbons (Fsp3) is 0.478. The van der Waals surface area contributed by atoms with E-state index in [9.17, 15) is 4.79 Å². The van der Waals surface area contributed by atoms with Crippen molar-refractivity contribution < 1.29 is 9.47 Å². The number of aromatic nitrogens is 1. The summed E-state index contributed by atoms with van der Waals surface area (Å²) in [7, 11) is 1.84. The average molecular weight is 426 g/mol. The summed E-state index contributed by atoms with van der Waals surface area (Å²) in [6.07, 6.45) is 3.79. The van der Waals surface area contributed by atoms with Crippen molar-refractivity contribution in [3.63, 3.8) is 0 Å². The molecule has 0 unspecified atom stereocenters. The molecule has 0 bridgehead atoms. The first-order chi connectivity index (χ1) is 15.2. The van der Waals surface area contributed by atoms with Gasteiger partial charge in [0.25, 0.3) is 0 Å². The van der Waals surface area contributed by atoms with Gasteiger partial charge in [0.1, 0.15) is 0 Å². The van der Waals surface area contributed by atoms with E-state index in [4.69, 9.17) is 9.47 Å². The number of hydrogen-bond acceptors (Lipinski definition) is 5. The van der Waals surface area contributed by atoms with E-state index < -0.39 is 0 Å². The van der Waals surface area contributed by atoms with Crippen LogP contribution in [0.2, 0.25) is 0 Å². The predicted molar refractivity (Wildman–Crippen MR) is 121 cm³/mol. The molecule has 31 heavy (non-hydrogen) atoms. The maximum atomic E-state index is 11.7. The summed E-state index contributed by atoms with van der Waals surface area (Å²) in [4.78, 5) is 21.0. The molecular weight excluding hydrogens is 394 g/mol. The number of benzene rings is 1. The molecule has 0 atom stereocenters. The van der Waals surface area contributed by atoms with Gasteiger partial charge >= 0.3 is 0 Å². The van der Waals surface area contributed by atoms with Crippen molar-refractivity contribution >= 4 is 5.96 Å². The third-order valence-electron chi connectivity index (χ3n) is 5.73. The molecule has 0 aliphatic carbocycles. The molecule has 166 valence electrons. The Bertz CT molecular complexity index is 950. The number of aliphatic imine (C=N–C) groups is 1. The van der Waals surface area contributed by atoms with E-state index in [0.717, 1.165) is 76.1 Å². The smallest absolute Gasteiger partial charge is 0.250 e. The molecule has 1 N–H and O–H groups in total. The minimum atomic E-state index is 0.0601. The highest BCUT2D eigenvalue weighted by Crippen LogP contribution is 2.32. The number of guanidine groups is 1. The second-order valence-electron chi connectivity index (χ2n) is 7.86. The lowest BCUT2D eigenvalue weighted by Gasteiger charge is -2.36. The van der Waals surface area contributed by atoms with Gasteiger partial charge in [-0.3, -0.25) is 14.7 Å². The number of fused-ring (bicyclic) bond motifs is 1. The Kier molecular flexibility index (Phi) is 7.09. The number of nitrogens with zero attached hydrogens (tertiary/aromatic N) is 4. The first-order valence-electron chi connectivity index (χ1n) is 10.9. The van der Waals surface area contributed by atoms with Crippen molar-refractivity contribution in [3.8, 4) is 11.5 Å². The molecule has 0 spiro atoms. The minimum absolute atomic E-state index is 0.0601. The van der Waals surface area contributed by atoms with E-state index in [0.29, 0.717) is 6.79 Å². The van der Waals surface area contributed by atoms with E-state index in [-0.39, 0.29) is 5.56 Å². The summed E-state index contributed by atoms with van der Waals surface area (Å²) in [5, 5.41) is 3.47. The quantitative estimate of drug-likeness (QED) is 0.414. The summed E-state index contributed by atoms with van der Waals surface area (Å²) in [6, 6.07) is 11.5. The standard InChI is InChI=1S/C23H31N5O3/c1-24-23(25-9-3-5-11-27-10-4-2-6-22(27)29)28-14-12-26(13-15-28)17-19-7-8-20-21(16-19)31-18-30-20/h2,4,6-8,10,16H,3,5,9,11-15,17-18H2,1H3,(H,24,25). The highest BCUT2D eigenvalue weighted by molar-refractivity contribution is 5.79. The molecule has 0 radical (unpaired) electrons. The number of unbranched alkanes of at least 4 members (excludes halogenated alkanes) is 1. The van der Waals surface area contributed by atoms with E-state index in [2.05, 4.69) is 32.2 Å². The van der Waals surface area contributed by atoms with Gasteiger partial charge in [-0.25, -0.2) is 0 Å². The number of ether oxygens (including phenoxy) is 2. The molecule has 1 fully saturated rings. The molecular formula is C23H31N5O3. The Labute approximate surface area is 183 Å². The van der Waals surface area contributed by atoms with Crippen LogP contribution in [0.15, 0.2) is 52.4 Å². The number of rotatable bonds is 7. The van der Waals surface area contributed by atoms with Crippen LogP contribution in [0.5, 0.6) is 11.5 Å². The molecule has 1 saturated heterocycles. The highest BCUT2D eigenvalue weighted by Gasteiger charge is 2.20. The normalized spacial score (nSPS) is 16.5. The second kappa shape index (κ2) is 10.3. The van der Waals surface area contributed by atoms with Crippen molar-refractivity contribution in [1.29, 1.82) is 0 Å². The average Bonchev–Trinajstić information content (AvgIpc) is 3.26. The summed E-state index contributed by atoms with van der Waals surface area (Å²) >= 11 is 0. The van der Waals surface area contributed by atoms with Gasteiger partial charge in [0.2, 0.25) is 12.4 Å². The topological polar surface area (TPSA) is 71.3 Å². The molecule has 1 aromatic heterocycles. The van der Waals surface area contributed by atoms with E-state index in [1.54, 1.807) is 16.7 Å². The molecule has 2 aliphatic heterocycles. The van der Waals surface area contributed by atoms with Crippen molar-refractivity contribution in [1.82, 2.24) is 19.7 Å². The third-order valence-corrected chi connectivity index (χ3v) is 5.73. The molecule has 0 amide bonds. The zero-order chi connectivity index (χ0) is 21.5. The van der Waals surface area contributed by atoms with Crippen LogP contribution in [0, 0.1) is 0 Å². The molecule has 1 aromatic carbocycles. The largest absolute Gasteiger partial charge is 0.454 e. The van der Waals surface area contributed by atoms with Crippen molar-refractivity contribution in [2.24, 2.45) is 4.99 Å². The predicted octanol–water partition coefficient (Wildman–Crippen LogP) is 1.75. The van der Waals surface area contributed by atoms with Crippen LogP contribution in [0.4, 0.5) is 0 Å². The maximum absolute atomic E-state index is 11.7. The SMILES string of the molecule is CN=C(NCCCCn1ccccc1=O)N1CCN(Cc2ccc3c(c2)OCO3)CC1. The second-order valence-corrected chi connectivity index (χ2v) is 7.86. The van der Waals surface area contributed by atoms with Crippen LogP contribution in [-0.4, -0.2) is 66.9 Å². The van der Waals surface area contributed by atoms with Crippen molar-refractivity contribution in [2.45, 2.75) is 25.9 Å². The Balaban J connectivity index is 1.17. The van der Waals surface area contributed by atoms with Crippen molar-refractivity contribution in [2.75, 3.05) is 46.6 Å². The maximum Gasteiger partial charge on any atom is 0.250 e. The van der Waals surface area contributed by atoms with Gasteiger partial charge in [0.15, 0.2) is 17.5 Å². The van der Waals surface area contributed by atoms with Gasteiger partial charge in [-0.1, -0.05) is 12.1 Å². The molecule has 0 saturated carbocycles. The zero-order valence-electron chi connectivity index (χ0n) is 18.1. The van der Waals surface area contributed by atoms with Crippen LogP contribution < -0.4 is 20.3 Å². The van der Waals surface area contributed by atoms with Gasteiger partial charge in [0.05, 0.1) is 0 Å². The Morgan fingerprint density at radius 2 is 1.90 bits per heavy atom. The first kappa shape index (κ1) is 21.2. The van der Waals surface area contributed by atoms with Gasteiger partial charge in [-0.15, -0.1) is 0 Å². The lowest BCUT2D eigenvalue weighted by atomic mass is 10.1. The number of pyridine rings is 1. The van der Waals surface area contributed by atoms with Crippen LogP contribution >= 0.6 is 0 Å². The summed E-state index contributed by atoms with van der Waals surface area (Å²) in [6.45, 7) is 6.71. The summed E-state index contributed by atoms with van der Waals surface area (Å²) in [5.74, 6) is 2.64. The van der Waals surface area contributed by atoms with Crippen LogP contribution in [0.25, 0.3) is 0 Å². The number of aryl methyl sites for hydroxylation is 1. The van der Waals surface area contributed by atoms with Gasteiger partial charge < -0.3 is 24.3 Å². The molecule has 8 nitrogen and oxygen atoms in total. The van der Waals surface area contributed by atoms with Gasteiger partial charge in [-0.2, -0.15) is 0 Å². The molecule has 8 heteroatoms. The summed E-state index contributed by atoms with van der Waals surface area (Å²) in [5.41, 5.74) is 1.31. The first-order valence-corrected chi connectivity index (χ1v) is 10.9. The van der Waals surface area contributed by atoms with Crippen LogP contribution in [0.3, 0.4) is 0 Å². The Morgan fingerprint density at radius 1 is 1.06 bits per heavy atom. The molecule has 2 aromatic rings. The number of piperazine rings is 1. The van der Waals surface area contributed by atoms with E-state index >= 15 is 0 Å². The zero-order valence-corrected chi connectivity index (χ0v) is 18.1. The summed E-state index contributed by atoms with van der Waals surface area (Å²) < 4.78 is 12.6. The molecule has 2 aliphatic rings. The highest BCUT2D eigenvalue weighted by atomic mass is 16.7. The number of hydrogen-bond donors (Lipinski definition) is 1. The molecule has 4 rings (SSSR count). The van der Waals surface area contributed by atoms with Crippen molar-refractivity contribution in [3.05, 3.63) is 58.5 Å². The number of nitrogens with one attached hydrogen (secondary N) is 1. The minimum Gasteiger partial charge on any atom is -0.454 e. The van der Waals surface area contributed by atoms with E-state index in [1.807, 2.05) is 25.4 Å². The third kappa shape index (κ3) is 5.58. The fourth-order valence-electron chi connectivity index (χ4n) is 4.00. The van der Waals surface area contributed by atoms with Crippen LogP contribution in [-0.2, 0) is 13.1 Å².